The van der Waals surface area contributed by atoms with Crippen molar-refractivity contribution in [3.05, 3.63) is 28.8 Å². The highest BCUT2D eigenvalue weighted by atomic mass is 35.5. The molecule has 0 radical (unpaired) electrons. The number of halogens is 5. The predicted octanol–water partition coefficient (Wildman–Crippen LogP) is 3.36. The van der Waals surface area contributed by atoms with Crippen molar-refractivity contribution < 1.29 is 13.2 Å². The summed E-state index contributed by atoms with van der Waals surface area (Å²) < 4.78 is 36.0. The largest absolute Gasteiger partial charge is 0.416 e. The van der Waals surface area contributed by atoms with Gasteiger partial charge in [-0.05, 0) is 18.2 Å². The van der Waals surface area contributed by atoms with Gasteiger partial charge in [0.1, 0.15) is 0 Å². The van der Waals surface area contributed by atoms with E-state index in [0.717, 1.165) is 18.2 Å². The Balaban J connectivity index is 0.00000144. The summed E-state index contributed by atoms with van der Waals surface area (Å²) in [7, 11) is 0. The van der Waals surface area contributed by atoms with Gasteiger partial charge in [-0.15, -0.1) is 12.4 Å². The smallest absolute Gasteiger partial charge is 0.398 e. The third kappa shape index (κ3) is 2.97. The molecule has 0 aliphatic rings. The van der Waals surface area contributed by atoms with Crippen molar-refractivity contribution in [2.45, 2.75) is 6.18 Å². The fourth-order valence-electron chi connectivity index (χ4n) is 0.720. The van der Waals surface area contributed by atoms with Gasteiger partial charge in [-0.3, -0.25) is 0 Å². The summed E-state index contributed by atoms with van der Waals surface area (Å²) >= 11 is 5.44. The monoisotopic (exact) mass is 231 g/mol. The third-order valence-electron chi connectivity index (χ3n) is 1.32. The molecule has 6 heteroatoms. The number of hydrogen-bond acceptors (Lipinski definition) is 1. The van der Waals surface area contributed by atoms with Crippen molar-refractivity contribution in [1.29, 1.82) is 0 Å². The molecule has 1 aromatic rings. The molecule has 0 bridgehead atoms. The Morgan fingerprint density at radius 2 is 1.77 bits per heavy atom. The summed E-state index contributed by atoms with van der Waals surface area (Å²) in [4.78, 5) is 0. The maximum Gasteiger partial charge on any atom is 0.416 e. The maximum absolute atomic E-state index is 12.0. The van der Waals surface area contributed by atoms with Crippen molar-refractivity contribution in [2.24, 2.45) is 0 Å². The molecule has 0 saturated carbocycles. The van der Waals surface area contributed by atoms with Crippen molar-refractivity contribution in [3.8, 4) is 0 Å². The molecule has 0 aromatic heterocycles. The average molecular weight is 232 g/mol. The van der Waals surface area contributed by atoms with Crippen molar-refractivity contribution in [1.82, 2.24) is 0 Å². The van der Waals surface area contributed by atoms with Crippen LogP contribution in [-0.2, 0) is 6.18 Å². The van der Waals surface area contributed by atoms with Crippen LogP contribution in [0.4, 0.5) is 18.9 Å². The predicted molar refractivity (Wildman–Crippen MR) is 48.1 cm³/mol. The van der Waals surface area contributed by atoms with Crippen molar-refractivity contribution >= 4 is 29.7 Å². The number of rotatable bonds is 0. The van der Waals surface area contributed by atoms with Crippen molar-refractivity contribution in [2.75, 3.05) is 5.73 Å². The zero-order valence-corrected chi connectivity index (χ0v) is 7.80. The van der Waals surface area contributed by atoms with Crippen LogP contribution >= 0.6 is 24.0 Å². The quantitative estimate of drug-likeness (QED) is 0.682. The van der Waals surface area contributed by atoms with Crippen LogP contribution < -0.4 is 5.73 Å². The number of alkyl halides is 3. The minimum Gasteiger partial charge on any atom is -0.398 e. The lowest BCUT2D eigenvalue weighted by atomic mass is 10.2. The van der Waals surface area contributed by atoms with E-state index in [2.05, 4.69) is 0 Å². The molecule has 1 rings (SSSR count). The molecule has 0 atom stereocenters. The Hall–Kier alpha value is -0.610. The highest BCUT2D eigenvalue weighted by molar-refractivity contribution is 6.33. The molecule has 2 N–H and O–H groups in total. The summed E-state index contributed by atoms with van der Waals surface area (Å²) in [5.74, 6) is 0. The van der Waals surface area contributed by atoms with Gasteiger partial charge in [0.2, 0.25) is 0 Å². The zero-order chi connectivity index (χ0) is 9.35. The second-order valence-corrected chi connectivity index (χ2v) is 2.64. The number of anilines is 1. The number of nitrogens with two attached hydrogens (primary N) is 1. The Bertz CT molecular complexity index is 298. The first-order chi connectivity index (χ1) is 5.41. The van der Waals surface area contributed by atoms with Crippen LogP contribution in [0.2, 0.25) is 5.02 Å². The highest BCUT2D eigenvalue weighted by Crippen LogP contribution is 2.32. The Kier molecular flexibility index (Phi) is 3.88. The van der Waals surface area contributed by atoms with Gasteiger partial charge >= 0.3 is 6.18 Å². The minimum absolute atomic E-state index is 0. The van der Waals surface area contributed by atoms with Gasteiger partial charge in [0, 0.05) is 0 Å². The second kappa shape index (κ2) is 4.07. The van der Waals surface area contributed by atoms with E-state index in [0.29, 0.717) is 0 Å². The molecule has 1 nitrogen and oxygen atoms in total. The van der Waals surface area contributed by atoms with E-state index in [4.69, 9.17) is 17.3 Å². The van der Waals surface area contributed by atoms with Gasteiger partial charge in [-0.2, -0.15) is 13.2 Å². The first-order valence-corrected chi connectivity index (χ1v) is 3.41. The van der Waals surface area contributed by atoms with E-state index in [1.165, 1.54) is 0 Å². The average Bonchev–Trinajstić information content (AvgIpc) is 1.92. The first kappa shape index (κ1) is 12.4. The van der Waals surface area contributed by atoms with Crippen molar-refractivity contribution in [3.63, 3.8) is 0 Å². The lowest BCUT2D eigenvalue weighted by Gasteiger charge is -2.07. The van der Waals surface area contributed by atoms with E-state index in [9.17, 15) is 13.2 Å². The molecule has 0 aliphatic heterocycles. The maximum atomic E-state index is 12.0. The first-order valence-electron chi connectivity index (χ1n) is 3.03. The summed E-state index contributed by atoms with van der Waals surface area (Å²) in [5, 5.41) is 0.128. The van der Waals surface area contributed by atoms with E-state index < -0.39 is 11.7 Å². The normalized spacial score (nSPS) is 10.8. The van der Waals surface area contributed by atoms with Crippen LogP contribution in [0.15, 0.2) is 18.2 Å². The second-order valence-electron chi connectivity index (χ2n) is 2.23. The Labute approximate surface area is 84.1 Å². The molecule has 0 saturated heterocycles. The molecule has 0 unspecified atom stereocenters. The summed E-state index contributed by atoms with van der Waals surface area (Å²) in [5.41, 5.74) is 4.33. The Morgan fingerprint density at radius 3 is 2.15 bits per heavy atom. The number of hydrogen-bond donors (Lipinski definition) is 1. The SMILES string of the molecule is Cl.Nc1cc(C(F)(F)F)ccc1Cl. The lowest BCUT2D eigenvalue weighted by molar-refractivity contribution is -0.137. The fourth-order valence-corrected chi connectivity index (χ4v) is 0.838. The molecule has 0 spiro atoms. The molecular weight excluding hydrogens is 226 g/mol. The molecule has 0 heterocycles. The topological polar surface area (TPSA) is 26.0 Å². The molecule has 13 heavy (non-hydrogen) atoms. The van der Waals surface area contributed by atoms with E-state index in [1.54, 1.807) is 0 Å². The lowest BCUT2D eigenvalue weighted by Crippen LogP contribution is -2.05. The van der Waals surface area contributed by atoms with E-state index >= 15 is 0 Å². The molecule has 0 fully saturated rings. The third-order valence-corrected chi connectivity index (χ3v) is 1.67. The van der Waals surface area contributed by atoms with Gasteiger partial charge in [-0.1, -0.05) is 11.6 Å². The summed E-state index contributed by atoms with van der Waals surface area (Å²) in [6.45, 7) is 0. The summed E-state index contributed by atoms with van der Waals surface area (Å²) in [6, 6.07) is 2.82. The summed E-state index contributed by atoms with van der Waals surface area (Å²) in [6.07, 6.45) is -4.36. The van der Waals surface area contributed by atoms with Gasteiger partial charge in [0.25, 0.3) is 0 Å². The van der Waals surface area contributed by atoms with Crippen LogP contribution in [0.3, 0.4) is 0 Å². The van der Waals surface area contributed by atoms with Crippen LogP contribution in [0, 0.1) is 0 Å². The van der Waals surface area contributed by atoms with Gasteiger partial charge in [0.05, 0.1) is 16.3 Å². The zero-order valence-electron chi connectivity index (χ0n) is 6.23. The van der Waals surface area contributed by atoms with Crippen LogP contribution in [0.1, 0.15) is 5.56 Å². The van der Waals surface area contributed by atoms with Crippen LogP contribution in [0.25, 0.3) is 0 Å². The minimum atomic E-state index is -4.36. The number of nitrogen functional groups attached to an aromatic ring is 1. The number of benzene rings is 1. The fraction of sp³-hybridized carbons (Fsp3) is 0.143. The van der Waals surface area contributed by atoms with Gasteiger partial charge < -0.3 is 5.73 Å². The standard InChI is InChI=1S/C7H5ClF3N.ClH/c8-5-2-1-4(3-6(5)12)7(9,10)11;/h1-3H,12H2;1H. The molecule has 74 valence electrons. The molecular formula is C7H6Cl2F3N. The highest BCUT2D eigenvalue weighted by Gasteiger charge is 2.30. The molecule has 0 amide bonds. The van der Waals surface area contributed by atoms with Crippen LogP contribution in [0.5, 0.6) is 0 Å². The van der Waals surface area contributed by atoms with E-state index in [1.807, 2.05) is 0 Å². The van der Waals surface area contributed by atoms with E-state index in [-0.39, 0.29) is 23.1 Å². The molecule has 0 aliphatic carbocycles. The van der Waals surface area contributed by atoms with Gasteiger partial charge in [-0.25, -0.2) is 0 Å². The van der Waals surface area contributed by atoms with Gasteiger partial charge in [0.15, 0.2) is 0 Å². The molecule has 1 aromatic carbocycles. The Morgan fingerprint density at radius 1 is 1.23 bits per heavy atom. The van der Waals surface area contributed by atoms with Crippen LogP contribution in [-0.4, -0.2) is 0 Å².